The van der Waals surface area contributed by atoms with Crippen LogP contribution in [0.1, 0.15) is 24.2 Å². The van der Waals surface area contributed by atoms with Crippen LogP contribution in [0, 0.1) is 5.92 Å². The van der Waals surface area contributed by atoms with E-state index in [9.17, 15) is 4.79 Å². The van der Waals surface area contributed by atoms with Gasteiger partial charge in [0.2, 0.25) is 0 Å². The summed E-state index contributed by atoms with van der Waals surface area (Å²) < 4.78 is 0. The predicted octanol–water partition coefficient (Wildman–Crippen LogP) is 1.40. The van der Waals surface area contributed by atoms with Crippen LogP contribution in [-0.2, 0) is 0 Å². The second kappa shape index (κ2) is 5.00. The molecule has 0 aliphatic carbocycles. The summed E-state index contributed by atoms with van der Waals surface area (Å²) in [5.41, 5.74) is 0.540. The van der Waals surface area contributed by atoms with Crippen molar-refractivity contribution in [3.05, 3.63) is 18.0 Å². The first-order chi connectivity index (χ1) is 6.65. The fraction of sp³-hybridized carbons (Fsp3) is 0.556. The van der Waals surface area contributed by atoms with E-state index in [2.05, 4.69) is 15.5 Å². The van der Waals surface area contributed by atoms with E-state index >= 15 is 0 Å². The maximum atomic E-state index is 11.5. The quantitative estimate of drug-likeness (QED) is 0.746. The van der Waals surface area contributed by atoms with Crippen LogP contribution in [0.5, 0.6) is 0 Å². The largest absolute Gasteiger partial charge is 0.349 e. The lowest BCUT2D eigenvalue weighted by Gasteiger charge is -2.18. The summed E-state index contributed by atoms with van der Waals surface area (Å²) in [5, 5.41) is 9.14. The molecule has 0 radical (unpaired) electrons. The molecule has 0 bridgehead atoms. The predicted molar refractivity (Wildman–Crippen MR) is 55.4 cm³/mol. The number of hydrogen-bond acceptors (Lipinski definition) is 2. The molecule has 1 rings (SSSR count). The Bertz CT molecular complexity index is 286. The molecule has 1 aromatic heterocycles. The van der Waals surface area contributed by atoms with E-state index in [1.165, 1.54) is 6.20 Å². The van der Waals surface area contributed by atoms with E-state index < -0.39 is 0 Å². The van der Waals surface area contributed by atoms with E-state index in [1.54, 1.807) is 6.20 Å². The van der Waals surface area contributed by atoms with Gasteiger partial charge in [0.05, 0.1) is 11.8 Å². The summed E-state index contributed by atoms with van der Waals surface area (Å²) in [5.74, 6) is 0.669. The number of aromatic nitrogens is 2. The fourth-order valence-corrected chi connectivity index (χ4v) is 1.21. The number of alkyl halides is 1. The number of nitrogens with zero attached hydrogens (tertiary/aromatic N) is 1. The van der Waals surface area contributed by atoms with Crippen LogP contribution in [0.25, 0.3) is 0 Å². The zero-order chi connectivity index (χ0) is 10.6. The Kier molecular flexibility index (Phi) is 3.95. The van der Waals surface area contributed by atoms with Crippen LogP contribution < -0.4 is 5.32 Å². The summed E-state index contributed by atoms with van der Waals surface area (Å²) >= 11 is 5.69. The molecule has 1 heterocycles. The van der Waals surface area contributed by atoms with E-state index in [0.29, 0.717) is 11.4 Å². The number of nitrogens with one attached hydrogen (secondary N) is 2. The molecular formula is C9H14ClN3O. The Morgan fingerprint density at radius 1 is 1.71 bits per heavy atom. The van der Waals surface area contributed by atoms with Crippen molar-refractivity contribution in [3.8, 4) is 0 Å². The number of carbonyl (C=O) groups excluding carboxylic acids is 1. The highest BCUT2D eigenvalue weighted by Gasteiger charge is 2.15. The van der Waals surface area contributed by atoms with Crippen LogP contribution >= 0.6 is 11.6 Å². The van der Waals surface area contributed by atoms with Crippen molar-refractivity contribution >= 4 is 17.5 Å². The highest BCUT2D eigenvalue weighted by Crippen LogP contribution is 2.05. The van der Waals surface area contributed by atoms with Gasteiger partial charge in [-0.25, -0.2) is 0 Å². The van der Waals surface area contributed by atoms with Crippen molar-refractivity contribution < 1.29 is 4.79 Å². The second-order valence-corrected chi connectivity index (χ2v) is 3.69. The molecule has 0 spiro atoms. The highest BCUT2D eigenvalue weighted by molar-refractivity contribution is 6.18. The first kappa shape index (κ1) is 11.0. The molecule has 2 atom stereocenters. The molecule has 0 aliphatic heterocycles. The fourth-order valence-electron chi connectivity index (χ4n) is 0.941. The van der Waals surface area contributed by atoms with Crippen molar-refractivity contribution in [1.82, 2.24) is 15.5 Å². The van der Waals surface area contributed by atoms with Gasteiger partial charge < -0.3 is 5.32 Å². The Morgan fingerprint density at radius 2 is 2.43 bits per heavy atom. The van der Waals surface area contributed by atoms with Gasteiger partial charge in [0.1, 0.15) is 0 Å². The van der Waals surface area contributed by atoms with Crippen LogP contribution in [0.4, 0.5) is 0 Å². The Balaban J connectivity index is 2.49. The zero-order valence-corrected chi connectivity index (χ0v) is 9.01. The molecule has 0 saturated carbocycles. The van der Waals surface area contributed by atoms with Crippen LogP contribution in [0.15, 0.2) is 12.4 Å². The van der Waals surface area contributed by atoms with Gasteiger partial charge in [-0.2, -0.15) is 5.10 Å². The third-order valence-corrected chi connectivity index (χ3v) is 2.70. The molecule has 78 valence electrons. The maximum Gasteiger partial charge on any atom is 0.254 e. The summed E-state index contributed by atoms with van der Waals surface area (Å²) in [7, 11) is 0. The number of carbonyl (C=O) groups is 1. The van der Waals surface area contributed by atoms with E-state index in [1.807, 2.05) is 13.8 Å². The lowest BCUT2D eigenvalue weighted by Crippen LogP contribution is -2.37. The summed E-state index contributed by atoms with van der Waals surface area (Å²) in [6.45, 7) is 3.93. The topological polar surface area (TPSA) is 57.8 Å². The number of hydrogen-bond donors (Lipinski definition) is 2. The van der Waals surface area contributed by atoms with Gasteiger partial charge in [0, 0.05) is 18.1 Å². The average Bonchev–Trinajstić information content (AvgIpc) is 2.69. The monoisotopic (exact) mass is 215 g/mol. The molecule has 2 unspecified atom stereocenters. The third kappa shape index (κ3) is 2.73. The van der Waals surface area contributed by atoms with Crippen molar-refractivity contribution in [3.63, 3.8) is 0 Å². The number of H-pyrrole nitrogens is 1. The first-order valence-electron chi connectivity index (χ1n) is 4.50. The van der Waals surface area contributed by atoms with Gasteiger partial charge in [-0.15, -0.1) is 11.6 Å². The number of aromatic amines is 1. The molecule has 0 aliphatic rings. The van der Waals surface area contributed by atoms with Crippen LogP contribution in [-0.4, -0.2) is 28.0 Å². The normalized spacial score (nSPS) is 14.8. The zero-order valence-electron chi connectivity index (χ0n) is 8.25. The number of rotatable bonds is 4. The Morgan fingerprint density at radius 3 is 2.93 bits per heavy atom. The summed E-state index contributed by atoms with van der Waals surface area (Å²) in [6, 6.07) is 0.0647. The minimum atomic E-state index is -0.122. The lowest BCUT2D eigenvalue weighted by molar-refractivity contribution is 0.0931. The number of amides is 1. The van der Waals surface area contributed by atoms with E-state index in [0.717, 1.165) is 0 Å². The maximum absolute atomic E-state index is 11.5. The van der Waals surface area contributed by atoms with Gasteiger partial charge in [-0.05, 0) is 12.8 Å². The van der Waals surface area contributed by atoms with Crippen molar-refractivity contribution in [2.45, 2.75) is 19.9 Å². The third-order valence-electron chi connectivity index (χ3n) is 2.22. The molecular weight excluding hydrogens is 202 g/mol. The van der Waals surface area contributed by atoms with Crippen LogP contribution in [0.3, 0.4) is 0 Å². The second-order valence-electron chi connectivity index (χ2n) is 3.38. The van der Waals surface area contributed by atoms with Gasteiger partial charge in [-0.3, -0.25) is 9.89 Å². The van der Waals surface area contributed by atoms with Crippen molar-refractivity contribution in [1.29, 1.82) is 0 Å². The molecule has 1 aromatic rings. The van der Waals surface area contributed by atoms with Crippen molar-refractivity contribution in [2.75, 3.05) is 5.88 Å². The SMILES string of the molecule is CC(CCl)C(C)NC(=O)c1cn[nH]c1. The molecule has 14 heavy (non-hydrogen) atoms. The molecule has 2 N–H and O–H groups in total. The summed E-state index contributed by atoms with van der Waals surface area (Å²) in [4.78, 5) is 11.5. The highest BCUT2D eigenvalue weighted by atomic mass is 35.5. The van der Waals surface area contributed by atoms with Crippen LogP contribution in [0.2, 0.25) is 0 Å². The summed E-state index contributed by atoms with van der Waals surface area (Å²) in [6.07, 6.45) is 3.06. The van der Waals surface area contributed by atoms with E-state index in [4.69, 9.17) is 11.6 Å². The Labute approximate surface area is 88.0 Å². The molecule has 0 fully saturated rings. The van der Waals surface area contributed by atoms with Gasteiger partial charge in [-0.1, -0.05) is 6.92 Å². The standard InChI is InChI=1S/C9H14ClN3O/c1-6(3-10)7(2)13-9(14)8-4-11-12-5-8/h4-7H,3H2,1-2H3,(H,11,12)(H,13,14). The molecule has 1 amide bonds. The minimum Gasteiger partial charge on any atom is -0.349 e. The van der Waals surface area contributed by atoms with Gasteiger partial charge in [0.25, 0.3) is 5.91 Å². The average molecular weight is 216 g/mol. The Hall–Kier alpha value is -1.03. The van der Waals surface area contributed by atoms with Gasteiger partial charge >= 0.3 is 0 Å². The lowest BCUT2D eigenvalue weighted by atomic mass is 10.1. The minimum absolute atomic E-state index is 0.0647. The molecule has 0 aromatic carbocycles. The molecule has 4 nitrogen and oxygen atoms in total. The van der Waals surface area contributed by atoms with Crippen molar-refractivity contribution in [2.24, 2.45) is 5.92 Å². The van der Waals surface area contributed by atoms with Gasteiger partial charge in [0.15, 0.2) is 0 Å². The smallest absolute Gasteiger partial charge is 0.254 e. The van der Waals surface area contributed by atoms with E-state index in [-0.39, 0.29) is 17.9 Å². The first-order valence-corrected chi connectivity index (χ1v) is 5.04. The number of halogens is 1. The molecule has 5 heteroatoms. The molecule has 0 saturated heterocycles.